The van der Waals surface area contributed by atoms with E-state index in [2.05, 4.69) is 15.6 Å². The Morgan fingerprint density at radius 1 is 1.03 bits per heavy atom. The molecule has 2 aromatic carbocycles. The average molecular weight is 405 g/mol. The summed E-state index contributed by atoms with van der Waals surface area (Å²) in [5.74, 6) is 0. The summed E-state index contributed by atoms with van der Waals surface area (Å²) >= 11 is 0. The number of anilines is 1. The largest absolute Gasteiger partial charge is 0.334 e. The molecule has 0 radical (unpaired) electrons. The quantitative estimate of drug-likeness (QED) is 0.676. The predicted octanol–water partition coefficient (Wildman–Crippen LogP) is 3.81. The van der Waals surface area contributed by atoms with Crippen LogP contribution in [0.15, 0.2) is 82.9 Å². The van der Waals surface area contributed by atoms with Crippen molar-refractivity contribution in [2.75, 3.05) is 5.32 Å². The summed E-state index contributed by atoms with van der Waals surface area (Å²) in [5.41, 5.74) is 3.15. The molecular weight excluding hydrogens is 386 g/mol. The second-order valence-corrected chi connectivity index (χ2v) is 8.55. The highest BCUT2D eigenvalue weighted by Crippen LogP contribution is 2.31. The zero-order valence-electron chi connectivity index (χ0n) is 15.5. The summed E-state index contributed by atoms with van der Waals surface area (Å²) in [6.45, 7) is 0.347. The third kappa shape index (κ3) is 4.05. The van der Waals surface area contributed by atoms with E-state index < -0.39 is 9.84 Å². The van der Waals surface area contributed by atoms with Crippen molar-refractivity contribution in [2.24, 2.45) is 0 Å². The Morgan fingerprint density at radius 3 is 2.62 bits per heavy atom. The number of sulfone groups is 1. The number of urea groups is 1. The van der Waals surface area contributed by atoms with Gasteiger partial charge in [0.1, 0.15) is 0 Å². The number of rotatable bonds is 5. The number of carbonyl (C=O) groups is 1. The third-order valence-electron chi connectivity index (χ3n) is 4.68. The molecule has 7 heteroatoms. The number of allylic oxidation sites excluding steroid dienone is 1. The molecule has 1 aliphatic carbocycles. The molecule has 1 aliphatic rings. The van der Waals surface area contributed by atoms with E-state index in [1.54, 1.807) is 42.7 Å². The maximum Gasteiger partial charge on any atom is 0.319 e. The van der Waals surface area contributed by atoms with Gasteiger partial charge in [-0.25, -0.2) is 13.2 Å². The minimum absolute atomic E-state index is 0.194. The lowest BCUT2D eigenvalue weighted by atomic mass is 10.1. The molecule has 0 spiro atoms. The molecule has 3 aromatic rings. The molecule has 29 heavy (non-hydrogen) atoms. The van der Waals surface area contributed by atoms with Crippen LogP contribution in [0.5, 0.6) is 0 Å². The maximum absolute atomic E-state index is 13.1. The van der Waals surface area contributed by atoms with Crippen molar-refractivity contribution < 1.29 is 13.2 Å². The van der Waals surface area contributed by atoms with Gasteiger partial charge in [-0.2, -0.15) is 0 Å². The number of hydrogen-bond acceptors (Lipinski definition) is 4. The third-order valence-corrected chi connectivity index (χ3v) is 6.53. The standard InChI is InChI=1S/C22H19N3O3S/c26-22(24-15-16-4-3-13-23-14-16)25-18-9-11-19(12-10-18)29(27,28)21-8-2-6-17-5-1-7-20(17)21/h1-6,8-14H,7,15H2,(H2,24,25,26). The first kappa shape index (κ1) is 18.9. The molecule has 6 nitrogen and oxygen atoms in total. The Hall–Kier alpha value is -3.45. The smallest absolute Gasteiger partial charge is 0.319 e. The van der Waals surface area contributed by atoms with Gasteiger partial charge >= 0.3 is 6.03 Å². The summed E-state index contributed by atoms with van der Waals surface area (Å²) in [5, 5.41) is 5.43. The van der Waals surface area contributed by atoms with Gasteiger partial charge in [0.15, 0.2) is 0 Å². The van der Waals surface area contributed by atoms with Gasteiger partial charge in [-0.1, -0.05) is 30.4 Å². The highest BCUT2D eigenvalue weighted by atomic mass is 32.2. The second-order valence-electron chi connectivity index (χ2n) is 6.63. The van der Waals surface area contributed by atoms with Gasteiger partial charge in [-0.05, 0) is 59.5 Å². The molecule has 0 saturated heterocycles. The molecule has 0 bridgehead atoms. The van der Waals surface area contributed by atoms with Gasteiger partial charge in [0.25, 0.3) is 0 Å². The fraction of sp³-hybridized carbons (Fsp3) is 0.0909. The van der Waals surface area contributed by atoms with Crippen LogP contribution < -0.4 is 10.6 Å². The fourth-order valence-electron chi connectivity index (χ4n) is 3.22. The van der Waals surface area contributed by atoms with Crippen molar-refractivity contribution in [1.29, 1.82) is 0 Å². The molecule has 146 valence electrons. The first-order valence-corrected chi connectivity index (χ1v) is 10.6. The first-order valence-electron chi connectivity index (χ1n) is 9.11. The van der Waals surface area contributed by atoms with Gasteiger partial charge in [-0.3, -0.25) is 4.98 Å². The van der Waals surface area contributed by atoms with Crippen LogP contribution in [0.3, 0.4) is 0 Å². The van der Waals surface area contributed by atoms with Crippen molar-refractivity contribution in [3.63, 3.8) is 0 Å². The van der Waals surface area contributed by atoms with E-state index in [0.29, 0.717) is 23.5 Å². The van der Waals surface area contributed by atoms with Crippen LogP contribution in [0.4, 0.5) is 10.5 Å². The normalized spacial score (nSPS) is 12.4. The second kappa shape index (κ2) is 7.89. The van der Waals surface area contributed by atoms with Crippen molar-refractivity contribution >= 4 is 27.6 Å². The number of pyridine rings is 1. The SMILES string of the molecule is O=C(NCc1cccnc1)Nc1ccc(S(=O)(=O)c2cccc3c2CC=C3)cc1. The fourth-order valence-corrected chi connectivity index (χ4v) is 4.75. The van der Waals surface area contributed by atoms with Crippen LogP contribution in [0, 0.1) is 0 Å². The maximum atomic E-state index is 13.1. The van der Waals surface area contributed by atoms with Crippen molar-refractivity contribution in [3.8, 4) is 0 Å². The van der Waals surface area contributed by atoms with Gasteiger partial charge in [0.05, 0.1) is 9.79 Å². The lowest BCUT2D eigenvalue weighted by Crippen LogP contribution is -2.28. The molecule has 1 aromatic heterocycles. The van der Waals surface area contributed by atoms with E-state index in [1.165, 1.54) is 12.1 Å². The summed E-state index contributed by atoms with van der Waals surface area (Å²) in [4.78, 5) is 16.6. The summed E-state index contributed by atoms with van der Waals surface area (Å²) in [6.07, 6.45) is 7.85. The van der Waals surface area contributed by atoms with Crippen molar-refractivity contribution in [2.45, 2.75) is 22.8 Å². The monoisotopic (exact) mass is 405 g/mol. The molecule has 4 rings (SSSR count). The molecular formula is C22H19N3O3S. The van der Waals surface area contributed by atoms with Gasteiger partial charge in [-0.15, -0.1) is 0 Å². The minimum atomic E-state index is -3.63. The lowest BCUT2D eigenvalue weighted by Gasteiger charge is -2.11. The van der Waals surface area contributed by atoms with Gasteiger partial charge < -0.3 is 10.6 Å². The van der Waals surface area contributed by atoms with Crippen molar-refractivity contribution in [1.82, 2.24) is 10.3 Å². The topological polar surface area (TPSA) is 88.2 Å². The summed E-state index contributed by atoms with van der Waals surface area (Å²) in [7, 11) is -3.63. The van der Waals surface area contributed by atoms with Crippen molar-refractivity contribution in [3.05, 3.63) is 89.8 Å². The average Bonchev–Trinajstić information content (AvgIpc) is 3.22. The Bertz CT molecular complexity index is 1170. The molecule has 0 aliphatic heterocycles. The number of nitrogens with one attached hydrogen (secondary N) is 2. The zero-order valence-corrected chi connectivity index (χ0v) is 16.3. The van der Waals surface area contributed by atoms with Crippen LogP contribution in [-0.4, -0.2) is 19.4 Å². The van der Waals surface area contributed by atoms with Crippen LogP contribution in [0.25, 0.3) is 6.08 Å². The predicted molar refractivity (Wildman–Crippen MR) is 111 cm³/mol. The molecule has 0 atom stereocenters. The summed E-state index contributed by atoms with van der Waals surface area (Å²) < 4.78 is 26.1. The number of fused-ring (bicyclic) bond motifs is 1. The van der Waals surface area contributed by atoms with E-state index in [1.807, 2.05) is 24.3 Å². The Balaban J connectivity index is 1.45. The van der Waals surface area contributed by atoms with E-state index in [4.69, 9.17) is 0 Å². The lowest BCUT2D eigenvalue weighted by molar-refractivity contribution is 0.251. The molecule has 0 fully saturated rings. The van der Waals surface area contributed by atoms with Crippen LogP contribution in [0.1, 0.15) is 16.7 Å². The molecule has 2 amide bonds. The Labute approximate surface area is 169 Å². The highest BCUT2D eigenvalue weighted by Gasteiger charge is 2.23. The Morgan fingerprint density at radius 2 is 1.86 bits per heavy atom. The number of nitrogens with zero attached hydrogens (tertiary/aromatic N) is 1. The number of amides is 2. The molecule has 0 unspecified atom stereocenters. The van der Waals surface area contributed by atoms with E-state index in [9.17, 15) is 13.2 Å². The van der Waals surface area contributed by atoms with Gasteiger partial charge in [0.2, 0.25) is 9.84 Å². The van der Waals surface area contributed by atoms with Gasteiger partial charge in [0, 0.05) is 24.6 Å². The molecule has 0 saturated carbocycles. The van der Waals surface area contributed by atoms with Crippen LogP contribution in [-0.2, 0) is 22.8 Å². The van der Waals surface area contributed by atoms with Crippen LogP contribution in [0.2, 0.25) is 0 Å². The number of aromatic nitrogens is 1. The zero-order chi connectivity index (χ0) is 20.3. The van der Waals surface area contributed by atoms with E-state index >= 15 is 0 Å². The first-order chi connectivity index (χ1) is 14.0. The minimum Gasteiger partial charge on any atom is -0.334 e. The molecule has 1 heterocycles. The van der Waals surface area contributed by atoms with E-state index in [0.717, 1.165) is 16.7 Å². The number of carbonyl (C=O) groups excluding carboxylic acids is 1. The highest BCUT2D eigenvalue weighted by molar-refractivity contribution is 7.91. The van der Waals surface area contributed by atoms with Crippen LogP contribution >= 0.6 is 0 Å². The summed E-state index contributed by atoms with van der Waals surface area (Å²) in [6, 6.07) is 14.8. The number of hydrogen-bond donors (Lipinski definition) is 2. The number of benzene rings is 2. The Kier molecular flexibility index (Phi) is 5.14. The van der Waals surface area contributed by atoms with E-state index in [-0.39, 0.29) is 10.9 Å². The molecule has 2 N–H and O–H groups in total.